The summed E-state index contributed by atoms with van der Waals surface area (Å²) in [5.41, 5.74) is 2.20. The molecule has 0 amide bonds. The molecule has 4 heterocycles. The Labute approximate surface area is 146 Å². The molecule has 1 aromatic heterocycles. The maximum absolute atomic E-state index is 12.7. The third-order valence-electron chi connectivity index (χ3n) is 5.23. The summed E-state index contributed by atoms with van der Waals surface area (Å²) in [5.74, 6) is 3.96. The van der Waals surface area contributed by atoms with E-state index in [-0.39, 0.29) is 12.3 Å². The molecular weight excluding hydrogens is 318 g/mol. The van der Waals surface area contributed by atoms with Gasteiger partial charge < -0.3 is 10.0 Å². The Morgan fingerprint density at radius 1 is 1.44 bits per heavy atom. The second-order valence-electron chi connectivity index (χ2n) is 6.61. The molecule has 0 spiro atoms. The van der Waals surface area contributed by atoms with E-state index in [4.69, 9.17) is 16.3 Å². The van der Waals surface area contributed by atoms with Crippen LogP contribution in [-0.2, 0) is 4.79 Å². The van der Waals surface area contributed by atoms with Gasteiger partial charge in [-0.2, -0.15) is 5.10 Å². The van der Waals surface area contributed by atoms with E-state index in [2.05, 4.69) is 21.0 Å². The molecule has 1 aromatic carbocycles. The lowest BCUT2D eigenvalue weighted by atomic mass is 9.76. The molecule has 0 aliphatic carbocycles. The molecule has 130 valence electrons. The zero-order valence-corrected chi connectivity index (χ0v) is 13.9. The van der Waals surface area contributed by atoms with Crippen LogP contribution >= 0.6 is 0 Å². The van der Waals surface area contributed by atoms with E-state index >= 15 is 0 Å². The maximum atomic E-state index is 12.7. The average Bonchev–Trinajstić information content (AvgIpc) is 3.06. The minimum Gasteiger partial charge on any atom is -0.483 e. The van der Waals surface area contributed by atoms with Crippen molar-refractivity contribution in [3.8, 4) is 12.3 Å². The van der Waals surface area contributed by atoms with E-state index in [9.17, 15) is 4.79 Å². The molecular formula is C19H21N3O3. The van der Waals surface area contributed by atoms with Crippen LogP contribution in [0.4, 0.5) is 0 Å². The number of benzene rings is 1. The number of rotatable bonds is 3. The quantitative estimate of drug-likeness (QED) is 0.508. The summed E-state index contributed by atoms with van der Waals surface area (Å²) in [7, 11) is 0. The summed E-state index contributed by atoms with van der Waals surface area (Å²) >= 11 is 0. The molecule has 1 atom stereocenters. The number of nitrogens with zero attached hydrogens (tertiary/aromatic N) is 2. The van der Waals surface area contributed by atoms with E-state index in [0.29, 0.717) is 24.0 Å². The second-order valence-corrected chi connectivity index (χ2v) is 6.61. The van der Waals surface area contributed by atoms with Crippen LogP contribution in [0, 0.1) is 24.2 Å². The Hall–Kier alpha value is -2.65. The Balaban J connectivity index is 0.000000569. The summed E-state index contributed by atoms with van der Waals surface area (Å²) in [6.45, 7) is 3.23. The van der Waals surface area contributed by atoms with Crippen molar-refractivity contribution >= 4 is 23.2 Å². The van der Waals surface area contributed by atoms with E-state index < -0.39 is 0 Å². The number of hydrogen-bond acceptors (Lipinski definition) is 4. The Bertz CT molecular complexity index is 813. The minimum atomic E-state index is -0.250. The fourth-order valence-electron chi connectivity index (χ4n) is 3.98. The van der Waals surface area contributed by atoms with Crippen molar-refractivity contribution in [3.63, 3.8) is 0 Å². The molecule has 3 saturated heterocycles. The van der Waals surface area contributed by atoms with Crippen LogP contribution in [-0.4, -0.2) is 52.1 Å². The average molecular weight is 339 g/mol. The fraction of sp³-hybridized carbons (Fsp3) is 0.421. The van der Waals surface area contributed by atoms with Gasteiger partial charge in [-0.25, -0.2) is 0 Å². The van der Waals surface area contributed by atoms with Crippen molar-refractivity contribution in [2.75, 3.05) is 19.6 Å². The zero-order valence-electron chi connectivity index (χ0n) is 13.9. The van der Waals surface area contributed by atoms with Crippen LogP contribution in [0.25, 0.3) is 10.9 Å². The molecule has 5 rings (SSSR count). The first kappa shape index (κ1) is 17.2. The highest BCUT2D eigenvalue weighted by molar-refractivity contribution is 6.06. The second kappa shape index (κ2) is 7.49. The predicted molar refractivity (Wildman–Crippen MR) is 94.3 cm³/mol. The number of hydrogen-bond donors (Lipinski definition) is 2. The highest BCUT2D eigenvalue weighted by Gasteiger charge is 2.35. The SMILES string of the molecule is C#Cc1ccc2c(C(=O)C[C@H]3CN4CCC3CC4)n[nH]c2c1.O=CO. The molecule has 0 unspecified atom stereocenters. The van der Waals surface area contributed by atoms with Crippen molar-refractivity contribution in [1.29, 1.82) is 0 Å². The molecule has 25 heavy (non-hydrogen) atoms. The van der Waals surface area contributed by atoms with Gasteiger partial charge in [-0.1, -0.05) is 5.92 Å². The number of carbonyl (C=O) groups is 2. The van der Waals surface area contributed by atoms with Crippen molar-refractivity contribution in [3.05, 3.63) is 29.5 Å². The zero-order chi connectivity index (χ0) is 17.8. The van der Waals surface area contributed by atoms with Crippen LogP contribution in [0.3, 0.4) is 0 Å². The smallest absolute Gasteiger partial charge is 0.290 e. The fourth-order valence-corrected chi connectivity index (χ4v) is 3.98. The molecule has 0 radical (unpaired) electrons. The third kappa shape index (κ3) is 3.57. The first-order valence-corrected chi connectivity index (χ1v) is 8.44. The van der Waals surface area contributed by atoms with Crippen LogP contribution in [0.15, 0.2) is 18.2 Å². The largest absolute Gasteiger partial charge is 0.483 e. The lowest BCUT2D eigenvalue weighted by molar-refractivity contribution is -0.122. The summed E-state index contributed by atoms with van der Waals surface area (Å²) in [6, 6.07) is 5.63. The number of piperidine rings is 3. The highest BCUT2D eigenvalue weighted by atomic mass is 16.3. The van der Waals surface area contributed by atoms with Gasteiger partial charge in [-0.15, -0.1) is 6.42 Å². The predicted octanol–water partition coefficient (Wildman–Crippen LogP) is 2.16. The van der Waals surface area contributed by atoms with E-state index in [0.717, 1.165) is 23.0 Å². The molecule has 3 aliphatic heterocycles. The maximum Gasteiger partial charge on any atom is 0.290 e. The molecule has 2 bridgehead atoms. The number of ketones is 1. The van der Waals surface area contributed by atoms with Crippen molar-refractivity contribution in [2.45, 2.75) is 19.3 Å². The highest BCUT2D eigenvalue weighted by Crippen LogP contribution is 2.35. The van der Waals surface area contributed by atoms with Crippen LogP contribution in [0.1, 0.15) is 35.3 Å². The van der Waals surface area contributed by atoms with Gasteiger partial charge in [0.2, 0.25) is 0 Å². The summed E-state index contributed by atoms with van der Waals surface area (Å²) in [5, 5.41) is 14.9. The first-order chi connectivity index (χ1) is 12.2. The molecule has 3 fully saturated rings. The number of aromatic nitrogens is 2. The van der Waals surface area contributed by atoms with Gasteiger partial charge >= 0.3 is 0 Å². The molecule has 2 aromatic rings. The van der Waals surface area contributed by atoms with Gasteiger partial charge in [0.25, 0.3) is 6.47 Å². The summed E-state index contributed by atoms with van der Waals surface area (Å²) in [4.78, 5) is 23.5. The minimum absolute atomic E-state index is 0.151. The van der Waals surface area contributed by atoms with Crippen molar-refractivity contribution in [1.82, 2.24) is 15.1 Å². The number of H-pyrrole nitrogens is 1. The number of nitrogens with one attached hydrogen (secondary N) is 1. The van der Waals surface area contributed by atoms with Gasteiger partial charge in [0.1, 0.15) is 5.69 Å². The number of carbonyl (C=O) groups excluding carboxylic acids is 1. The number of fused-ring (bicyclic) bond motifs is 4. The van der Waals surface area contributed by atoms with E-state index in [1.165, 1.54) is 25.9 Å². The lowest BCUT2D eigenvalue weighted by Crippen LogP contribution is -2.47. The van der Waals surface area contributed by atoms with Gasteiger partial charge in [-0.05, 0) is 56.0 Å². The van der Waals surface area contributed by atoms with Gasteiger partial charge in [0.05, 0.1) is 5.52 Å². The molecule has 2 N–H and O–H groups in total. The Morgan fingerprint density at radius 2 is 2.16 bits per heavy atom. The Morgan fingerprint density at radius 3 is 2.76 bits per heavy atom. The van der Waals surface area contributed by atoms with Crippen LogP contribution < -0.4 is 0 Å². The normalized spacial score (nSPS) is 24.2. The summed E-state index contributed by atoms with van der Waals surface area (Å²) in [6.07, 6.45) is 8.50. The van der Waals surface area contributed by atoms with Crippen molar-refractivity contribution in [2.24, 2.45) is 11.8 Å². The molecule has 0 saturated carbocycles. The third-order valence-corrected chi connectivity index (χ3v) is 5.23. The summed E-state index contributed by atoms with van der Waals surface area (Å²) < 4.78 is 0. The van der Waals surface area contributed by atoms with Crippen molar-refractivity contribution < 1.29 is 14.7 Å². The molecule has 6 heteroatoms. The van der Waals surface area contributed by atoms with Gasteiger partial charge in [0.15, 0.2) is 5.78 Å². The van der Waals surface area contributed by atoms with E-state index in [1.54, 1.807) is 0 Å². The molecule has 6 nitrogen and oxygen atoms in total. The lowest BCUT2D eigenvalue weighted by Gasteiger charge is -2.44. The topological polar surface area (TPSA) is 86.3 Å². The number of terminal acetylenes is 1. The van der Waals surface area contributed by atoms with Gasteiger partial charge in [0, 0.05) is 23.9 Å². The van der Waals surface area contributed by atoms with Crippen LogP contribution in [0.5, 0.6) is 0 Å². The standard InChI is InChI=1S/C18H19N3O.CH2O2/c1-2-12-3-4-15-16(9-12)19-20-18(15)17(22)10-14-11-21-7-5-13(14)6-8-21;2-1-3/h1,3-4,9,13-14H,5-8,10-11H2,(H,19,20);1H,(H,2,3)/t14-;/m0./s1. The first-order valence-electron chi connectivity index (χ1n) is 8.44. The van der Waals surface area contributed by atoms with Crippen LogP contribution in [0.2, 0.25) is 0 Å². The molecule has 3 aliphatic rings. The number of aromatic amines is 1. The number of Topliss-reactive ketones (excluding diaryl/α,β-unsaturated/α-hetero) is 1. The van der Waals surface area contributed by atoms with Gasteiger partial charge in [-0.3, -0.25) is 14.7 Å². The number of carboxylic acid groups (broad SMARTS) is 1. The van der Waals surface area contributed by atoms with E-state index in [1.807, 2.05) is 18.2 Å². The Kier molecular flexibility index (Phi) is 5.15. The monoisotopic (exact) mass is 339 g/mol.